The Bertz CT molecular complexity index is 610. The molecule has 6 heteroatoms. The Labute approximate surface area is 156 Å². The highest BCUT2D eigenvalue weighted by Crippen LogP contribution is 2.22. The molecule has 2 rings (SSSR count). The van der Waals surface area contributed by atoms with Crippen LogP contribution in [0.5, 0.6) is 0 Å². The highest BCUT2D eigenvalue weighted by atomic mass is 16.6. The fourth-order valence-corrected chi connectivity index (χ4v) is 3.17. The van der Waals surface area contributed by atoms with Gasteiger partial charge >= 0.3 is 6.09 Å². The molecule has 1 N–H and O–H groups in total. The number of likely N-dealkylation sites (tertiary alicyclic amines) is 1. The van der Waals surface area contributed by atoms with E-state index in [0.29, 0.717) is 19.5 Å². The van der Waals surface area contributed by atoms with Crippen molar-refractivity contribution in [1.29, 1.82) is 0 Å². The van der Waals surface area contributed by atoms with Crippen LogP contribution in [0.15, 0.2) is 30.3 Å². The molecule has 1 heterocycles. The standard InChI is InChI=1S/C20H31N3O3/c1-20(2,3)26-19(25)23-13-9-12-16(23)18(24)21-14-17(22(4)5)15-10-7-6-8-11-15/h6-8,10-11,16-17H,9,12-14H2,1-5H3,(H,21,24). The maximum atomic E-state index is 12.7. The van der Waals surface area contributed by atoms with E-state index < -0.39 is 17.7 Å². The van der Waals surface area contributed by atoms with Gasteiger partial charge in [-0.1, -0.05) is 30.3 Å². The molecule has 0 spiro atoms. The Morgan fingerprint density at radius 1 is 1.27 bits per heavy atom. The molecule has 1 aromatic rings. The van der Waals surface area contributed by atoms with Gasteiger partial charge in [0, 0.05) is 13.1 Å². The molecule has 6 nitrogen and oxygen atoms in total. The molecule has 1 aliphatic rings. The zero-order valence-electron chi connectivity index (χ0n) is 16.5. The normalized spacial score (nSPS) is 18.7. The van der Waals surface area contributed by atoms with Gasteiger partial charge in [-0.05, 0) is 53.3 Å². The number of nitrogens with zero attached hydrogens (tertiary/aromatic N) is 2. The van der Waals surface area contributed by atoms with Crippen molar-refractivity contribution >= 4 is 12.0 Å². The predicted octanol–water partition coefficient (Wildman–Crippen LogP) is 2.81. The second-order valence-corrected chi connectivity index (χ2v) is 7.97. The summed E-state index contributed by atoms with van der Waals surface area (Å²) in [6, 6.07) is 9.70. The molecule has 0 saturated carbocycles. The van der Waals surface area contributed by atoms with Gasteiger partial charge in [0.2, 0.25) is 5.91 Å². The molecule has 0 aromatic heterocycles. The Kier molecular flexibility index (Phi) is 6.64. The number of nitrogens with one attached hydrogen (secondary N) is 1. The first-order valence-corrected chi connectivity index (χ1v) is 9.18. The molecular formula is C20H31N3O3. The third kappa shape index (κ3) is 5.46. The van der Waals surface area contributed by atoms with Crippen LogP contribution >= 0.6 is 0 Å². The number of carbonyl (C=O) groups excluding carboxylic acids is 2. The van der Waals surface area contributed by atoms with Gasteiger partial charge in [-0.15, -0.1) is 0 Å². The molecular weight excluding hydrogens is 330 g/mol. The van der Waals surface area contributed by atoms with E-state index >= 15 is 0 Å². The molecule has 2 unspecified atom stereocenters. The van der Waals surface area contributed by atoms with Crippen molar-refractivity contribution in [2.24, 2.45) is 0 Å². The van der Waals surface area contributed by atoms with Crippen molar-refractivity contribution in [3.63, 3.8) is 0 Å². The van der Waals surface area contributed by atoms with Crippen LogP contribution in [-0.2, 0) is 9.53 Å². The zero-order chi connectivity index (χ0) is 19.3. The molecule has 1 fully saturated rings. The number of rotatable bonds is 5. The number of amides is 2. The van der Waals surface area contributed by atoms with Gasteiger partial charge in [-0.3, -0.25) is 9.69 Å². The molecule has 26 heavy (non-hydrogen) atoms. The second-order valence-electron chi connectivity index (χ2n) is 7.97. The van der Waals surface area contributed by atoms with Crippen molar-refractivity contribution in [3.05, 3.63) is 35.9 Å². The van der Waals surface area contributed by atoms with Gasteiger partial charge in [0.25, 0.3) is 0 Å². The topological polar surface area (TPSA) is 61.9 Å². The number of hydrogen-bond donors (Lipinski definition) is 1. The quantitative estimate of drug-likeness (QED) is 0.876. The SMILES string of the molecule is CN(C)C(CNC(=O)C1CCCN1C(=O)OC(C)(C)C)c1ccccc1. The van der Waals surface area contributed by atoms with Crippen LogP contribution in [0.25, 0.3) is 0 Å². The summed E-state index contributed by atoms with van der Waals surface area (Å²) in [6.07, 6.45) is 1.07. The fourth-order valence-electron chi connectivity index (χ4n) is 3.17. The lowest BCUT2D eigenvalue weighted by Crippen LogP contribution is -2.48. The minimum Gasteiger partial charge on any atom is -0.444 e. The summed E-state index contributed by atoms with van der Waals surface area (Å²) >= 11 is 0. The van der Waals surface area contributed by atoms with E-state index in [1.54, 1.807) is 4.90 Å². The van der Waals surface area contributed by atoms with E-state index in [9.17, 15) is 9.59 Å². The van der Waals surface area contributed by atoms with Crippen LogP contribution in [0.2, 0.25) is 0 Å². The first-order valence-electron chi connectivity index (χ1n) is 9.18. The summed E-state index contributed by atoms with van der Waals surface area (Å²) in [5.74, 6) is -0.115. The molecule has 1 aliphatic heterocycles. The Morgan fingerprint density at radius 2 is 1.92 bits per heavy atom. The molecule has 1 aromatic carbocycles. The van der Waals surface area contributed by atoms with E-state index in [2.05, 4.69) is 22.3 Å². The first-order chi connectivity index (χ1) is 12.2. The highest BCUT2D eigenvalue weighted by Gasteiger charge is 2.36. The minimum atomic E-state index is -0.565. The summed E-state index contributed by atoms with van der Waals surface area (Å²) in [5.41, 5.74) is 0.581. The van der Waals surface area contributed by atoms with Crippen molar-refractivity contribution in [3.8, 4) is 0 Å². The lowest BCUT2D eigenvalue weighted by atomic mass is 10.1. The van der Waals surface area contributed by atoms with Gasteiger partial charge in [0.1, 0.15) is 11.6 Å². The van der Waals surface area contributed by atoms with Crippen LogP contribution in [-0.4, -0.2) is 60.6 Å². The molecule has 144 valence electrons. The monoisotopic (exact) mass is 361 g/mol. The lowest BCUT2D eigenvalue weighted by Gasteiger charge is -2.29. The number of carbonyl (C=O) groups is 2. The van der Waals surface area contributed by atoms with Crippen molar-refractivity contribution < 1.29 is 14.3 Å². The second kappa shape index (κ2) is 8.54. The van der Waals surface area contributed by atoms with Crippen LogP contribution < -0.4 is 5.32 Å². The Balaban J connectivity index is 1.98. The number of benzene rings is 1. The van der Waals surface area contributed by atoms with Gasteiger partial charge in [0.05, 0.1) is 6.04 Å². The van der Waals surface area contributed by atoms with Gasteiger partial charge in [-0.25, -0.2) is 4.79 Å². The van der Waals surface area contributed by atoms with Gasteiger partial charge in [-0.2, -0.15) is 0 Å². The number of likely N-dealkylation sites (N-methyl/N-ethyl adjacent to an activating group) is 1. The number of ether oxygens (including phenoxy) is 1. The summed E-state index contributed by atoms with van der Waals surface area (Å²) < 4.78 is 5.43. The third-order valence-electron chi connectivity index (χ3n) is 4.46. The molecule has 0 radical (unpaired) electrons. The Hall–Kier alpha value is -2.08. The molecule has 2 atom stereocenters. The maximum Gasteiger partial charge on any atom is 0.410 e. The fraction of sp³-hybridized carbons (Fsp3) is 0.600. The van der Waals surface area contributed by atoms with Crippen LogP contribution in [0.1, 0.15) is 45.2 Å². The smallest absolute Gasteiger partial charge is 0.410 e. The summed E-state index contributed by atoms with van der Waals surface area (Å²) in [5, 5.41) is 3.02. The summed E-state index contributed by atoms with van der Waals surface area (Å²) in [7, 11) is 3.98. The largest absolute Gasteiger partial charge is 0.444 e. The van der Waals surface area contributed by atoms with E-state index in [0.717, 1.165) is 12.0 Å². The predicted molar refractivity (Wildman–Crippen MR) is 102 cm³/mol. The Morgan fingerprint density at radius 3 is 2.50 bits per heavy atom. The summed E-state index contributed by atoms with van der Waals surface area (Å²) in [4.78, 5) is 28.7. The van der Waals surface area contributed by atoms with Crippen molar-refractivity contribution in [2.75, 3.05) is 27.2 Å². The third-order valence-corrected chi connectivity index (χ3v) is 4.46. The minimum absolute atomic E-state index is 0.0801. The lowest BCUT2D eigenvalue weighted by molar-refractivity contribution is -0.125. The molecule has 0 aliphatic carbocycles. The van der Waals surface area contributed by atoms with Crippen LogP contribution in [0.3, 0.4) is 0 Å². The van der Waals surface area contributed by atoms with E-state index in [1.807, 2.05) is 53.1 Å². The van der Waals surface area contributed by atoms with E-state index in [4.69, 9.17) is 4.74 Å². The zero-order valence-corrected chi connectivity index (χ0v) is 16.5. The summed E-state index contributed by atoms with van der Waals surface area (Å²) in [6.45, 7) is 6.55. The molecule has 0 bridgehead atoms. The van der Waals surface area contributed by atoms with Crippen LogP contribution in [0.4, 0.5) is 4.79 Å². The first kappa shape index (κ1) is 20.2. The molecule has 2 amide bonds. The average Bonchev–Trinajstić information content (AvgIpc) is 3.04. The highest BCUT2D eigenvalue weighted by molar-refractivity contribution is 5.86. The number of hydrogen-bond acceptors (Lipinski definition) is 4. The average molecular weight is 361 g/mol. The van der Waals surface area contributed by atoms with Crippen molar-refractivity contribution in [1.82, 2.24) is 15.1 Å². The van der Waals surface area contributed by atoms with Crippen LogP contribution in [0, 0.1) is 0 Å². The van der Waals surface area contributed by atoms with E-state index in [1.165, 1.54) is 0 Å². The van der Waals surface area contributed by atoms with Crippen molar-refractivity contribution in [2.45, 2.75) is 51.3 Å². The van der Waals surface area contributed by atoms with E-state index in [-0.39, 0.29) is 11.9 Å². The van der Waals surface area contributed by atoms with Gasteiger partial charge < -0.3 is 15.0 Å². The molecule has 1 saturated heterocycles. The maximum absolute atomic E-state index is 12.7. The van der Waals surface area contributed by atoms with Gasteiger partial charge in [0.15, 0.2) is 0 Å².